The molecular formula is C23H15N7O2. The van der Waals surface area contributed by atoms with Gasteiger partial charge < -0.3 is 15.1 Å². The topological polar surface area (TPSA) is 129 Å². The molecule has 0 saturated heterocycles. The number of benzene rings is 2. The molecule has 9 heteroatoms. The average Bonchev–Trinajstić information content (AvgIpc) is 3.26. The maximum Gasteiger partial charge on any atom is 0.317 e. The van der Waals surface area contributed by atoms with Crippen molar-refractivity contribution < 1.29 is 9.21 Å². The maximum atomic E-state index is 12.9. The summed E-state index contributed by atoms with van der Waals surface area (Å²) < 4.78 is 5.63. The van der Waals surface area contributed by atoms with Crippen molar-refractivity contribution in [2.75, 3.05) is 10.6 Å². The van der Waals surface area contributed by atoms with Crippen molar-refractivity contribution in [3.8, 4) is 17.7 Å². The molecule has 1 amide bonds. The zero-order chi connectivity index (χ0) is 21.9. The first-order chi connectivity index (χ1) is 15.7. The molecule has 4 aromatic rings. The van der Waals surface area contributed by atoms with Crippen molar-refractivity contribution in [1.82, 2.24) is 15.2 Å². The molecular weight excluding hydrogens is 406 g/mol. The van der Waals surface area contributed by atoms with Crippen LogP contribution in [0.1, 0.15) is 16.7 Å². The molecule has 154 valence electrons. The maximum absolute atomic E-state index is 12.9. The predicted molar refractivity (Wildman–Crippen MR) is 117 cm³/mol. The molecule has 3 heterocycles. The van der Waals surface area contributed by atoms with Gasteiger partial charge in [0.1, 0.15) is 11.8 Å². The van der Waals surface area contributed by atoms with Gasteiger partial charge in [0, 0.05) is 17.3 Å². The number of aliphatic imine (C=N–C) groups is 1. The number of carbonyl (C=O) groups excluding carboxylic acids is 1. The summed E-state index contributed by atoms with van der Waals surface area (Å²) in [5.41, 5.74) is 3.84. The number of benzodiazepines with no additional fused rings is 1. The van der Waals surface area contributed by atoms with Gasteiger partial charge in [0.2, 0.25) is 6.17 Å². The number of hydrogen-bond acceptors (Lipinski definition) is 8. The summed E-state index contributed by atoms with van der Waals surface area (Å²) in [6.07, 6.45) is 0.416. The Morgan fingerprint density at radius 3 is 2.59 bits per heavy atom. The number of hydrogen-bond donors (Lipinski definition) is 2. The third-order valence-corrected chi connectivity index (χ3v) is 4.79. The molecule has 5 rings (SSSR count). The lowest BCUT2D eigenvalue weighted by Gasteiger charge is -2.11. The van der Waals surface area contributed by atoms with Crippen LogP contribution in [0.15, 0.2) is 82.3 Å². The highest BCUT2D eigenvalue weighted by Gasteiger charge is 2.27. The zero-order valence-corrected chi connectivity index (χ0v) is 16.6. The number of carbonyl (C=O) groups is 1. The summed E-state index contributed by atoms with van der Waals surface area (Å²) in [5.74, 6) is -0.207. The largest absolute Gasteiger partial charge is 0.402 e. The molecule has 1 aliphatic rings. The zero-order valence-electron chi connectivity index (χ0n) is 16.6. The summed E-state index contributed by atoms with van der Waals surface area (Å²) in [7, 11) is 0. The Kier molecular flexibility index (Phi) is 4.86. The monoisotopic (exact) mass is 421 g/mol. The van der Waals surface area contributed by atoms with Crippen molar-refractivity contribution >= 4 is 23.3 Å². The molecule has 9 nitrogen and oxygen atoms in total. The fourth-order valence-electron chi connectivity index (χ4n) is 3.27. The van der Waals surface area contributed by atoms with Crippen molar-refractivity contribution in [1.29, 1.82) is 5.26 Å². The van der Waals surface area contributed by atoms with E-state index in [1.54, 1.807) is 12.1 Å². The van der Waals surface area contributed by atoms with E-state index >= 15 is 0 Å². The number of pyridine rings is 1. The van der Waals surface area contributed by atoms with Crippen LogP contribution in [0.2, 0.25) is 0 Å². The van der Waals surface area contributed by atoms with E-state index in [0.717, 1.165) is 11.1 Å². The Bertz CT molecular complexity index is 1360. The minimum absolute atomic E-state index is 0.0217. The standard InChI is InChI=1S/C23H15N7O2/c24-12-14-10-11-18(25-13-14)22-29-30-23(32-22)28-20-21(31)26-17-9-5-4-8-16(17)19(27-20)15-6-2-1-3-7-15/h1-11,13,20H,(H,26,31)(H,28,30)/t20-/m1/s1. The fourth-order valence-corrected chi connectivity index (χ4v) is 3.27. The van der Waals surface area contributed by atoms with Crippen molar-refractivity contribution in [2.24, 2.45) is 4.99 Å². The van der Waals surface area contributed by atoms with Crippen molar-refractivity contribution in [2.45, 2.75) is 6.17 Å². The minimum atomic E-state index is -1.00. The Morgan fingerprint density at radius 2 is 1.81 bits per heavy atom. The van der Waals surface area contributed by atoms with Crippen molar-refractivity contribution in [3.05, 3.63) is 89.6 Å². The van der Waals surface area contributed by atoms with E-state index in [1.165, 1.54) is 6.20 Å². The number of nitrogens with one attached hydrogen (secondary N) is 2. The molecule has 0 aliphatic carbocycles. The summed E-state index contributed by atoms with van der Waals surface area (Å²) in [6, 6.07) is 22.3. The Hall–Kier alpha value is -4.84. The summed E-state index contributed by atoms with van der Waals surface area (Å²) in [6.45, 7) is 0. The first kappa shape index (κ1) is 19.1. The average molecular weight is 421 g/mol. The molecule has 0 unspecified atom stereocenters. The fraction of sp³-hybridized carbons (Fsp3) is 0.0435. The lowest BCUT2D eigenvalue weighted by molar-refractivity contribution is -0.116. The number of fused-ring (bicyclic) bond motifs is 1. The van der Waals surface area contributed by atoms with Gasteiger partial charge >= 0.3 is 6.01 Å². The predicted octanol–water partition coefficient (Wildman–Crippen LogP) is 3.23. The Balaban J connectivity index is 1.48. The van der Waals surface area contributed by atoms with Crippen LogP contribution in [0.25, 0.3) is 11.6 Å². The van der Waals surface area contributed by atoms with Gasteiger partial charge in [-0.3, -0.25) is 4.79 Å². The second-order valence-corrected chi connectivity index (χ2v) is 6.88. The van der Waals surface area contributed by atoms with E-state index in [-0.39, 0.29) is 17.8 Å². The van der Waals surface area contributed by atoms with Crippen LogP contribution in [0.5, 0.6) is 0 Å². The number of nitriles is 1. The molecule has 0 bridgehead atoms. The molecule has 2 aromatic carbocycles. The van der Waals surface area contributed by atoms with E-state index in [1.807, 2.05) is 60.7 Å². The first-order valence-corrected chi connectivity index (χ1v) is 9.71. The van der Waals surface area contributed by atoms with Gasteiger partial charge in [-0.1, -0.05) is 53.6 Å². The number of para-hydroxylation sites is 1. The van der Waals surface area contributed by atoms with E-state index in [4.69, 9.17) is 9.68 Å². The molecule has 1 aliphatic heterocycles. The number of aromatic nitrogens is 3. The van der Waals surface area contributed by atoms with Crippen LogP contribution in [0.4, 0.5) is 11.7 Å². The highest BCUT2D eigenvalue weighted by Crippen LogP contribution is 2.25. The van der Waals surface area contributed by atoms with Gasteiger partial charge in [-0.2, -0.15) is 5.26 Å². The molecule has 2 aromatic heterocycles. The molecule has 2 N–H and O–H groups in total. The lowest BCUT2D eigenvalue weighted by Crippen LogP contribution is -2.32. The SMILES string of the molecule is N#Cc1ccc(-c2nnc(N[C@H]3N=C(c4ccccc4)c4ccccc4NC3=O)o2)nc1. The van der Waals surface area contributed by atoms with Gasteiger partial charge in [-0.25, -0.2) is 9.98 Å². The first-order valence-electron chi connectivity index (χ1n) is 9.71. The van der Waals surface area contributed by atoms with Crippen LogP contribution >= 0.6 is 0 Å². The number of anilines is 2. The van der Waals surface area contributed by atoms with Crippen LogP contribution in [0.3, 0.4) is 0 Å². The molecule has 32 heavy (non-hydrogen) atoms. The normalized spacial score (nSPS) is 15.0. The van der Waals surface area contributed by atoms with E-state index in [9.17, 15) is 4.79 Å². The van der Waals surface area contributed by atoms with E-state index < -0.39 is 6.17 Å². The lowest BCUT2D eigenvalue weighted by atomic mass is 10.0. The third-order valence-electron chi connectivity index (χ3n) is 4.79. The summed E-state index contributed by atoms with van der Waals surface area (Å²) in [5, 5.41) is 22.6. The third kappa shape index (κ3) is 3.68. The molecule has 0 radical (unpaired) electrons. The van der Waals surface area contributed by atoms with Gasteiger partial charge in [0.05, 0.1) is 17.0 Å². The van der Waals surface area contributed by atoms with Gasteiger partial charge in [-0.05, 0) is 18.2 Å². The Labute approximate surface area is 182 Å². The molecule has 0 spiro atoms. The van der Waals surface area contributed by atoms with Gasteiger partial charge in [-0.15, -0.1) is 5.10 Å². The van der Waals surface area contributed by atoms with Crippen LogP contribution in [-0.2, 0) is 4.79 Å². The number of nitrogens with zero attached hydrogens (tertiary/aromatic N) is 5. The van der Waals surface area contributed by atoms with Crippen LogP contribution in [-0.4, -0.2) is 33.0 Å². The Morgan fingerprint density at radius 1 is 1.00 bits per heavy atom. The summed E-state index contributed by atoms with van der Waals surface area (Å²) in [4.78, 5) is 21.7. The number of rotatable bonds is 4. The van der Waals surface area contributed by atoms with E-state index in [0.29, 0.717) is 22.7 Å². The van der Waals surface area contributed by atoms with Crippen molar-refractivity contribution in [3.63, 3.8) is 0 Å². The van der Waals surface area contributed by atoms with Crippen LogP contribution < -0.4 is 10.6 Å². The molecule has 0 fully saturated rings. The van der Waals surface area contributed by atoms with Gasteiger partial charge in [0.25, 0.3) is 11.8 Å². The highest BCUT2D eigenvalue weighted by molar-refractivity contribution is 6.19. The highest BCUT2D eigenvalue weighted by atomic mass is 16.4. The quantitative estimate of drug-likeness (QED) is 0.517. The minimum Gasteiger partial charge on any atom is -0.402 e. The molecule has 0 saturated carbocycles. The molecule has 1 atom stereocenters. The second kappa shape index (κ2) is 8.12. The van der Waals surface area contributed by atoms with Gasteiger partial charge in [0.15, 0.2) is 0 Å². The smallest absolute Gasteiger partial charge is 0.317 e. The summed E-state index contributed by atoms with van der Waals surface area (Å²) >= 11 is 0. The number of amides is 1. The van der Waals surface area contributed by atoms with E-state index in [2.05, 4.69) is 30.8 Å². The van der Waals surface area contributed by atoms with Crippen LogP contribution in [0, 0.1) is 11.3 Å². The second-order valence-electron chi connectivity index (χ2n) is 6.88.